The van der Waals surface area contributed by atoms with Gasteiger partial charge in [0.05, 0.1) is 0 Å². The summed E-state index contributed by atoms with van der Waals surface area (Å²) in [5.41, 5.74) is 0. The van der Waals surface area contributed by atoms with E-state index in [1.807, 2.05) is 0 Å². The molecule has 1 aliphatic rings. The fourth-order valence-electron chi connectivity index (χ4n) is 1.52. The number of nitrogens with zero attached hydrogens (tertiary/aromatic N) is 2. The van der Waals surface area contributed by atoms with Gasteiger partial charge in [0, 0.05) is 39.3 Å². The third kappa shape index (κ3) is 5.13. The number of nitrogens with one attached hydrogen (secondary N) is 1. The molecule has 102 valence electrons. The summed E-state index contributed by atoms with van der Waals surface area (Å²) >= 11 is 0. The van der Waals surface area contributed by atoms with E-state index in [0.717, 1.165) is 9.34 Å². The van der Waals surface area contributed by atoms with Crippen LogP contribution in [0.25, 0.3) is 0 Å². The lowest BCUT2D eigenvalue weighted by molar-refractivity contribution is 0.240. The molecule has 9 nitrogen and oxygen atoms in total. The molecular weight excluding hydrogens is 272 g/mol. The highest BCUT2D eigenvalue weighted by atomic mass is 31.2. The van der Waals surface area contributed by atoms with E-state index in [4.69, 9.17) is 19.6 Å². The molecule has 0 bridgehead atoms. The zero-order valence-corrected chi connectivity index (χ0v) is 10.9. The zero-order valence-electron chi connectivity index (χ0n) is 9.14. The first-order valence-electron chi connectivity index (χ1n) is 5.04. The Labute approximate surface area is 98.8 Å². The second kappa shape index (κ2) is 5.88. The van der Waals surface area contributed by atoms with Crippen LogP contribution in [0.5, 0.6) is 0 Å². The van der Waals surface area contributed by atoms with Gasteiger partial charge in [0.25, 0.3) is 0 Å². The van der Waals surface area contributed by atoms with Crippen molar-refractivity contribution in [2.24, 2.45) is 0 Å². The fraction of sp³-hybridized carbons (Fsp3) is 1.00. The maximum absolute atomic E-state index is 11.1. The molecule has 0 aliphatic carbocycles. The van der Waals surface area contributed by atoms with Crippen LogP contribution in [0.4, 0.5) is 0 Å². The van der Waals surface area contributed by atoms with Crippen molar-refractivity contribution in [3.05, 3.63) is 0 Å². The summed E-state index contributed by atoms with van der Waals surface area (Å²) < 4.78 is 24.0. The van der Waals surface area contributed by atoms with Crippen molar-refractivity contribution < 1.29 is 28.7 Å². The van der Waals surface area contributed by atoms with E-state index >= 15 is 0 Å². The van der Waals surface area contributed by atoms with Crippen LogP contribution in [-0.2, 0) is 9.13 Å². The quantitative estimate of drug-likeness (QED) is 0.380. The van der Waals surface area contributed by atoms with E-state index in [1.54, 1.807) is 0 Å². The molecule has 5 N–H and O–H groups in total. The lowest BCUT2D eigenvalue weighted by atomic mass is 10.5. The third-order valence-electron chi connectivity index (χ3n) is 2.45. The first-order chi connectivity index (χ1) is 7.71. The van der Waals surface area contributed by atoms with Crippen LogP contribution in [0.2, 0.25) is 0 Å². The van der Waals surface area contributed by atoms with Gasteiger partial charge in [-0.1, -0.05) is 0 Å². The van der Waals surface area contributed by atoms with Crippen molar-refractivity contribution in [3.8, 4) is 0 Å². The van der Waals surface area contributed by atoms with Crippen LogP contribution in [0, 0.1) is 0 Å². The normalized spacial score (nSPS) is 22.8. The summed E-state index contributed by atoms with van der Waals surface area (Å²) in [5.74, 6) is 0. The first-order valence-corrected chi connectivity index (χ1v) is 8.17. The summed E-state index contributed by atoms with van der Waals surface area (Å²) in [7, 11) is -8.75. The third-order valence-corrected chi connectivity index (χ3v) is 4.72. The van der Waals surface area contributed by atoms with E-state index in [-0.39, 0.29) is 26.2 Å². The number of hydrogen-bond donors (Lipinski definition) is 5. The first kappa shape index (κ1) is 15.2. The molecule has 0 aromatic rings. The Balaban J connectivity index is 2.72. The Bertz CT molecular complexity index is 309. The van der Waals surface area contributed by atoms with Crippen LogP contribution in [0.15, 0.2) is 0 Å². The average molecular weight is 289 g/mol. The molecule has 1 saturated heterocycles. The monoisotopic (exact) mass is 289 g/mol. The van der Waals surface area contributed by atoms with Gasteiger partial charge in [-0.15, -0.1) is 0 Å². The molecule has 1 rings (SSSR count). The highest BCUT2D eigenvalue weighted by Gasteiger charge is 2.30. The Morgan fingerprint density at radius 3 is 1.41 bits per heavy atom. The molecule has 1 heterocycles. The molecule has 0 saturated carbocycles. The van der Waals surface area contributed by atoms with Crippen molar-refractivity contribution >= 4 is 15.5 Å². The summed E-state index contributed by atoms with van der Waals surface area (Å²) in [4.78, 5) is 36.1. The number of hydrogen-bond acceptors (Lipinski definition) is 3. The van der Waals surface area contributed by atoms with Gasteiger partial charge in [-0.25, -0.2) is 18.5 Å². The van der Waals surface area contributed by atoms with Gasteiger partial charge in [0.1, 0.15) is 0 Å². The molecule has 1 fully saturated rings. The lowest BCUT2D eigenvalue weighted by Gasteiger charge is -2.26. The van der Waals surface area contributed by atoms with Crippen LogP contribution in [-0.4, -0.2) is 68.2 Å². The van der Waals surface area contributed by atoms with Crippen molar-refractivity contribution in [1.82, 2.24) is 14.7 Å². The molecular formula is C6H17N3O6P2. The maximum atomic E-state index is 11.1. The molecule has 11 heteroatoms. The van der Waals surface area contributed by atoms with E-state index in [2.05, 4.69) is 5.32 Å². The van der Waals surface area contributed by atoms with Gasteiger partial charge < -0.3 is 24.9 Å². The highest BCUT2D eigenvalue weighted by molar-refractivity contribution is 7.49. The molecule has 0 atom stereocenters. The predicted octanol–water partition coefficient (Wildman–Crippen LogP) is -1.62. The fourth-order valence-corrected chi connectivity index (χ4v) is 2.94. The summed E-state index contributed by atoms with van der Waals surface area (Å²) in [6.45, 7) is 0.826. The van der Waals surface area contributed by atoms with Crippen molar-refractivity contribution in [3.63, 3.8) is 0 Å². The minimum atomic E-state index is -4.37. The predicted molar refractivity (Wildman–Crippen MR) is 60.1 cm³/mol. The van der Waals surface area contributed by atoms with Gasteiger partial charge in [0.2, 0.25) is 0 Å². The summed E-state index contributed by atoms with van der Waals surface area (Å²) in [6, 6.07) is 0. The largest absolute Gasteiger partial charge is 0.403 e. The second-order valence-corrected chi connectivity index (χ2v) is 6.87. The van der Waals surface area contributed by atoms with Gasteiger partial charge >= 0.3 is 15.5 Å². The lowest BCUT2D eigenvalue weighted by Crippen LogP contribution is -2.32. The van der Waals surface area contributed by atoms with Gasteiger partial charge in [-0.05, 0) is 0 Å². The molecule has 17 heavy (non-hydrogen) atoms. The molecule has 0 amide bonds. The van der Waals surface area contributed by atoms with Gasteiger partial charge in [-0.2, -0.15) is 0 Å². The molecule has 1 aliphatic heterocycles. The second-order valence-electron chi connectivity index (χ2n) is 3.68. The van der Waals surface area contributed by atoms with E-state index in [9.17, 15) is 9.13 Å². The Morgan fingerprint density at radius 2 is 1.12 bits per heavy atom. The standard InChI is InChI=1S/C6H17N3O6P2/c10-16(11,12)8-3-1-7-2-4-9(6-5-8)17(13,14)15/h7H,1-6H2,(H2,10,11,12)(H2,13,14,15). The maximum Gasteiger partial charge on any atom is 0.403 e. The Hall–Kier alpha value is 0.180. The van der Waals surface area contributed by atoms with Crippen LogP contribution in [0.1, 0.15) is 0 Å². The van der Waals surface area contributed by atoms with Crippen molar-refractivity contribution in [2.75, 3.05) is 39.3 Å². The molecule has 0 unspecified atom stereocenters. The van der Waals surface area contributed by atoms with Gasteiger partial charge in [-0.3, -0.25) is 0 Å². The summed E-state index contributed by atoms with van der Waals surface area (Å²) in [5, 5.41) is 2.86. The topological polar surface area (TPSA) is 134 Å². The van der Waals surface area contributed by atoms with Crippen LogP contribution < -0.4 is 5.32 Å². The molecule has 0 spiro atoms. The molecule has 0 aromatic heterocycles. The van der Waals surface area contributed by atoms with Crippen LogP contribution in [0.3, 0.4) is 0 Å². The highest BCUT2D eigenvalue weighted by Crippen LogP contribution is 2.42. The smallest absolute Gasteiger partial charge is 0.314 e. The van der Waals surface area contributed by atoms with Gasteiger partial charge in [0.15, 0.2) is 0 Å². The van der Waals surface area contributed by atoms with E-state index < -0.39 is 15.5 Å². The molecule has 0 aromatic carbocycles. The SMILES string of the molecule is O=P(O)(O)N1CCNCCN(P(=O)(O)O)CC1. The molecule has 0 radical (unpaired) electrons. The van der Waals surface area contributed by atoms with E-state index in [1.165, 1.54) is 0 Å². The van der Waals surface area contributed by atoms with Crippen LogP contribution >= 0.6 is 15.5 Å². The minimum Gasteiger partial charge on any atom is -0.314 e. The zero-order chi connectivity index (χ0) is 13.1. The Morgan fingerprint density at radius 1 is 0.765 bits per heavy atom. The minimum absolute atomic E-state index is 0.0862. The van der Waals surface area contributed by atoms with Crippen molar-refractivity contribution in [1.29, 1.82) is 0 Å². The number of rotatable bonds is 2. The van der Waals surface area contributed by atoms with Crippen molar-refractivity contribution in [2.45, 2.75) is 0 Å². The Kier molecular flexibility index (Phi) is 5.27. The van der Waals surface area contributed by atoms with E-state index in [0.29, 0.717) is 13.1 Å². The average Bonchev–Trinajstić information content (AvgIpc) is 2.25. The summed E-state index contributed by atoms with van der Waals surface area (Å²) in [6.07, 6.45) is 0.